The Bertz CT molecular complexity index is 8340. The van der Waals surface area contributed by atoms with Gasteiger partial charge < -0.3 is 38.0 Å². The van der Waals surface area contributed by atoms with Crippen LogP contribution in [0.2, 0.25) is 5.02 Å². The van der Waals surface area contributed by atoms with E-state index in [1.807, 2.05) is 66.8 Å². The number of nitrogens with one attached hydrogen (secondary N) is 1. The molecule has 1 N–H and O–H groups in total. The summed E-state index contributed by atoms with van der Waals surface area (Å²) in [6.07, 6.45) is 9.45. The predicted octanol–water partition coefficient (Wildman–Crippen LogP) is 32.0. The van der Waals surface area contributed by atoms with E-state index in [2.05, 4.69) is 392 Å². The molecule has 5 aliphatic carbocycles. The van der Waals surface area contributed by atoms with E-state index in [9.17, 15) is 0 Å². The lowest BCUT2D eigenvalue weighted by atomic mass is 9.64. The topological polar surface area (TPSA) is 78.5 Å². The number of anilines is 5. The highest BCUT2D eigenvalue weighted by atomic mass is 35.5. The van der Waals surface area contributed by atoms with Crippen LogP contribution in [0.15, 0.2) is 463 Å². The van der Waals surface area contributed by atoms with Gasteiger partial charge in [-0.3, -0.25) is 0 Å². The van der Waals surface area contributed by atoms with Crippen molar-refractivity contribution in [3.8, 4) is 84.8 Å². The van der Waals surface area contributed by atoms with Crippen LogP contribution in [-0.4, -0.2) is 0 Å². The molecule has 0 atom stereocenters. The standard InChI is InChI=1S/C62H37NO3.C37H23NO2.C25H14ClO/c1-6-21-45-40(16-1)41-17-2-7-22-46(41)61(45)49-25-10-13-29-55(49)65-57-34-32-38(36-51(57)61)63(53-27-15-31-59-60(53)44-20-5-12-28-54(44)64-59)39-33-35-58-52(37-39)62(50-26-11-14-30-56(50)66-58)47-23-8-3-18-42(47)43-19-4-9-24-48(43)62;1-4-13-27-24(10-1)25-11-2-5-14-28(25)37(27)29-15-6-8-18-33(29)40-34-21-20-23(22-30(34)37)38-31-16-9-19-35-36(31)26-12-3-7-17-32(26)39-35;26-16-13-14-24-22(15-16)25(21-11-5-6-12-23(21)27-24)19-9-3-1-7-17(19)18-8-2-4-10-20(18)25/h1-37H;1-22,38H;1-10,12-15H/q;;+1. The summed E-state index contributed by atoms with van der Waals surface area (Å²) in [5, 5.41) is 8.74. The summed E-state index contributed by atoms with van der Waals surface area (Å²) >= 11 is 6.45. The van der Waals surface area contributed by atoms with Gasteiger partial charge in [0.2, 0.25) is 5.76 Å². The largest absolute Gasteiger partial charge is 0.457 e. The minimum Gasteiger partial charge on any atom is -0.457 e. The van der Waals surface area contributed by atoms with Gasteiger partial charge in [0.25, 0.3) is 0 Å². The second-order valence-corrected chi connectivity index (χ2v) is 35.8. The molecule has 8 nitrogen and oxygen atoms in total. The van der Waals surface area contributed by atoms with E-state index in [0.717, 1.165) is 157 Å². The van der Waals surface area contributed by atoms with Crippen LogP contribution in [0.1, 0.15) is 83.5 Å². The predicted molar refractivity (Wildman–Crippen MR) is 532 cm³/mol. The van der Waals surface area contributed by atoms with Gasteiger partial charge >= 0.3 is 0 Å². The van der Waals surface area contributed by atoms with Crippen LogP contribution in [0, 0.1) is 6.08 Å². The third-order valence-electron chi connectivity index (χ3n) is 29.0. The summed E-state index contributed by atoms with van der Waals surface area (Å²) in [4.78, 5) is 2.42. The Labute approximate surface area is 771 Å². The molecule has 0 saturated heterocycles. The number of hydrogen-bond donors (Lipinski definition) is 1. The first-order valence-corrected chi connectivity index (χ1v) is 45.6. The lowest BCUT2D eigenvalue weighted by Crippen LogP contribution is -2.36. The average Bonchev–Trinajstić information content (AvgIpc) is 1.55. The molecule has 133 heavy (non-hydrogen) atoms. The molecule has 0 radical (unpaired) electrons. The van der Waals surface area contributed by atoms with Crippen molar-refractivity contribution in [2.45, 2.75) is 21.7 Å². The number of allylic oxidation sites excluding steroid dienone is 5. The van der Waals surface area contributed by atoms with Crippen molar-refractivity contribution in [2.24, 2.45) is 0 Å². The Balaban J connectivity index is 0.000000111. The normalized spacial score (nSPS) is 14.8. The Morgan fingerprint density at radius 3 is 1.04 bits per heavy atom. The maximum atomic E-state index is 6.94. The fourth-order valence-electron chi connectivity index (χ4n) is 24.0. The van der Waals surface area contributed by atoms with Gasteiger partial charge in [-0.05, 0) is 216 Å². The number of para-hydroxylation sites is 5. The third-order valence-corrected chi connectivity index (χ3v) is 29.3. The molecule has 21 aromatic rings. The van der Waals surface area contributed by atoms with Crippen LogP contribution in [0.4, 0.5) is 28.4 Å². The first-order chi connectivity index (χ1) is 65.8. The SMILES string of the molecule is Clc1ccc2c(c1)C1(C3=[C+]C=CC=C3O2)c2ccccc2-c2ccccc21.c1ccc2c(c1)Oc1ccc(N(c3ccc4c(c3)C3(c5ccccc5O4)c4ccccc4-c4ccccc43)c3cccc4oc5ccccc5c34)cc1C21c2ccccc2-c2ccccc21.c1ccc2c(c1)Oc1ccc(Nc3cccc4oc5ccccc5c34)cc1C21c2ccccc2-c2ccccc21. The van der Waals surface area contributed by atoms with E-state index in [1.54, 1.807) is 0 Å². The highest BCUT2D eigenvalue weighted by molar-refractivity contribution is 6.30. The highest BCUT2D eigenvalue weighted by Crippen LogP contribution is 2.69. The van der Waals surface area contributed by atoms with Crippen LogP contribution < -0.4 is 29.2 Å². The molecule has 622 valence electrons. The Morgan fingerprint density at radius 2 is 0.586 bits per heavy atom. The highest BCUT2D eigenvalue weighted by Gasteiger charge is 2.59. The van der Waals surface area contributed by atoms with Crippen molar-refractivity contribution in [1.82, 2.24) is 0 Å². The zero-order valence-corrected chi connectivity index (χ0v) is 72.2. The Kier molecular flexibility index (Phi) is 16.1. The van der Waals surface area contributed by atoms with Crippen LogP contribution in [0.25, 0.3) is 88.4 Å². The van der Waals surface area contributed by atoms with E-state index in [4.69, 9.17) is 39.4 Å². The van der Waals surface area contributed by atoms with Crippen molar-refractivity contribution in [1.29, 1.82) is 0 Å². The van der Waals surface area contributed by atoms with Crippen LogP contribution in [0.5, 0.6) is 40.2 Å². The van der Waals surface area contributed by atoms with Crippen molar-refractivity contribution >= 4 is 83.9 Å². The van der Waals surface area contributed by atoms with Gasteiger partial charge in [0, 0.05) is 77.9 Å². The van der Waals surface area contributed by atoms with Gasteiger partial charge in [0.15, 0.2) is 11.3 Å². The fourth-order valence-corrected chi connectivity index (χ4v) is 24.2. The summed E-state index contributed by atoms with van der Waals surface area (Å²) in [7, 11) is 0. The zero-order chi connectivity index (χ0) is 87.4. The first kappa shape index (κ1) is 75.0. The molecule has 9 aliphatic rings. The van der Waals surface area contributed by atoms with Crippen molar-refractivity contribution in [3.05, 3.63) is 549 Å². The van der Waals surface area contributed by atoms with Crippen LogP contribution in [-0.2, 0) is 21.7 Å². The molecule has 19 aromatic carbocycles. The maximum absolute atomic E-state index is 6.94. The summed E-state index contributed by atoms with van der Waals surface area (Å²) in [6.45, 7) is 0. The van der Waals surface area contributed by atoms with Gasteiger partial charge in [0.05, 0.1) is 50.5 Å². The number of ether oxygens (including phenoxy) is 4. The lowest BCUT2D eigenvalue weighted by molar-refractivity contribution is 0.388. The lowest BCUT2D eigenvalue weighted by Gasteiger charge is -2.41. The fraction of sp³-hybridized carbons (Fsp3) is 0.0323. The van der Waals surface area contributed by atoms with E-state index < -0.39 is 21.7 Å². The van der Waals surface area contributed by atoms with E-state index >= 15 is 0 Å². The summed E-state index contributed by atoms with van der Waals surface area (Å²) < 4.78 is 39.5. The average molecular weight is 1720 g/mol. The van der Waals surface area contributed by atoms with Gasteiger partial charge in [-0.1, -0.05) is 309 Å². The molecule has 4 aliphatic heterocycles. The molecule has 0 bridgehead atoms. The van der Waals surface area contributed by atoms with Gasteiger partial charge in [-0.15, -0.1) is 0 Å². The second-order valence-electron chi connectivity index (χ2n) is 35.4. The molecule has 4 spiro atoms. The quantitative estimate of drug-likeness (QED) is 0.171. The number of benzene rings is 19. The number of hydrogen-bond acceptors (Lipinski definition) is 8. The molecule has 0 fully saturated rings. The van der Waals surface area contributed by atoms with Gasteiger partial charge in [0.1, 0.15) is 68.3 Å². The van der Waals surface area contributed by atoms with Crippen molar-refractivity contribution in [2.75, 3.05) is 10.2 Å². The number of furan rings is 2. The van der Waals surface area contributed by atoms with Crippen LogP contribution in [0.3, 0.4) is 0 Å². The smallest absolute Gasteiger partial charge is 0.246 e. The monoisotopic (exact) mass is 1720 g/mol. The summed E-state index contributed by atoms with van der Waals surface area (Å²) in [5.41, 5.74) is 35.2. The molecule has 0 unspecified atom stereocenters. The maximum Gasteiger partial charge on any atom is 0.246 e. The van der Waals surface area contributed by atoms with Crippen LogP contribution >= 0.6 is 11.6 Å². The Morgan fingerprint density at radius 1 is 0.256 bits per heavy atom. The molecule has 6 heterocycles. The summed E-state index contributed by atoms with van der Waals surface area (Å²) in [6, 6.07) is 151. The number of fused-ring (bicyclic) bond motifs is 42. The third kappa shape index (κ3) is 10.3. The second kappa shape index (κ2) is 28.5. The number of rotatable bonds is 5. The van der Waals surface area contributed by atoms with Gasteiger partial charge in [-0.25, -0.2) is 0 Å². The minimum atomic E-state index is -0.637. The summed E-state index contributed by atoms with van der Waals surface area (Å²) in [5.74, 6) is 6.88. The van der Waals surface area contributed by atoms with E-state index in [1.165, 1.54) is 94.6 Å². The molecule has 0 amide bonds. The minimum absolute atomic E-state index is 0.470. The van der Waals surface area contributed by atoms with Crippen molar-refractivity contribution < 1.29 is 27.8 Å². The molecular weight excluding hydrogens is 1650 g/mol. The van der Waals surface area contributed by atoms with E-state index in [-0.39, 0.29) is 0 Å². The van der Waals surface area contributed by atoms with Crippen molar-refractivity contribution in [3.63, 3.8) is 0 Å². The molecule has 2 aromatic heterocycles. The molecule has 9 heteroatoms. The number of halogens is 1. The molecule has 0 saturated carbocycles. The van der Waals surface area contributed by atoms with E-state index in [0.29, 0.717) is 5.02 Å². The first-order valence-electron chi connectivity index (χ1n) is 45.2. The molecular formula is C124H74ClN2O6+. The Hall–Kier alpha value is -17.0. The van der Waals surface area contributed by atoms with Gasteiger partial charge in [-0.2, -0.15) is 0 Å². The zero-order valence-electron chi connectivity index (χ0n) is 71.4. The molecule has 30 rings (SSSR count). The number of nitrogens with zero attached hydrogens (tertiary/aromatic N) is 1.